The summed E-state index contributed by atoms with van der Waals surface area (Å²) in [5.74, 6) is -1.10. The van der Waals surface area contributed by atoms with Crippen LogP contribution in [0.5, 0.6) is 0 Å². The number of rotatable bonds is 5. The molecule has 17 heavy (non-hydrogen) atoms. The van der Waals surface area contributed by atoms with Gasteiger partial charge >= 0.3 is 12.1 Å². The lowest BCUT2D eigenvalue weighted by Crippen LogP contribution is -2.47. The van der Waals surface area contributed by atoms with Crippen molar-refractivity contribution < 1.29 is 19.4 Å². The number of carbonyl (C=O) groups excluding carboxylic acids is 1. The summed E-state index contributed by atoms with van der Waals surface area (Å²) in [6.07, 6.45) is 2.13. The third-order valence-corrected chi connectivity index (χ3v) is 2.67. The predicted octanol–water partition coefficient (Wildman–Crippen LogP) is 0.351. The van der Waals surface area contributed by atoms with Crippen LogP contribution >= 0.6 is 0 Å². The Labute approximate surface area is 100 Å². The van der Waals surface area contributed by atoms with Crippen LogP contribution in [0.3, 0.4) is 0 Å². The second-order valence-electron chi connectivity index (χ2n) is 3.98. The molecule has 1 aliphatic rings. The second-order valence-corrected chi connectivity index (χ2v) is 3.98. The minimum absolute atomic E-state index is 0.0128. The highest BCUT2D eigenvalue weighted by Crippen LogP contribution is 2.15. The van der Waals surface area contributed by atoms with Crippen molar-refractivity contribution in [3.05, 3.63) is 12.7 Å². The summed E-state index contributed by atoms with van der Waals surface area (Å²) in [5, 5.41) is 14.6. The number of ether oxygens (including phenoxy) is 1. The van der Waals surface area contributed by atoms with Gasteiger partial charge in [0, 0.05) is 12.6 Å². The highest BCUT2D eigenvalue weighted by Gasteiger charge is 2.26. The number of aliphatic carboxylic acids is 1. The number of carboxylic acid groups (broad SMARTS) is 1. The number of hydrogen-bond donors (Lipinski definition) is 3. The lowest BCUT2D eigenvalue weighted by atomic mass is 9.92. The van der Waals surface area contributed by atoms with Crippen LogP contribution in [0.15, 0.2) is 12.7 Å². The first-order chi connectivity index (χ1) is 8.13. The molecular formula is C11H18N2O4. The van der Waals surface area contributed by atoms with Gasteiger partial charge in [-0.2, -0.15) is 0 Å². The van der Waals surface area contributed by atoms with Gasteiger partial charge < -0.3 is 20.5 Å². The average Bonchev–Trinajstić information content (AvgIpc) is 2.34. The van der Waals surface area contributed by atoms with Crippen LogP contribution in [-0.4, -0.2) is 42.9 Å². The van der Waals surface area contributed by atoms with Crippen molar-refractivity contribution in [3.8, 4) is 0 Å². The van der Waals surface area contributed by atoms with E-state index in [4.69, 9.17) is 9.84 Å². The third-order valence-electron chi connectivity index (χ3n) is 2.67. The fraction of sp³-hybridized carbons (Fsp3) is 0.636. The molecule has 1 fully saturated rings. The second kappa shape index (κ2) is 6.90. The van der Waals surface area contributed by atoms with Gasteiger partial charge in [0.05, 0.1) is 5.92 Å². The zero-order valence-corrected chi connectivity index (χ0v) is 9.65. The largest absolute Gasteiger partial charge is 0.481 e. The molecule has 0 radical (unpaired) electrons. The number of hydrogen-bond acceptors (Lipinski definition) is 4. The van der Waals surface area contributed by atoms with Crippen molar-refractivity contribution in [1.82, 2.24) is 10.6 Å². The number of amides is 1. The zero-order valence-electron chi connectivity index (χ0n) is 9.65. The van der Waals surface area contributed by atoms with Crippen LogP contribution in [-0.2, 0) is 9.53 Å². The normalized spacial score (nSPS) is 23.8. The van der Waals surface area contributed by atoms with Crippen molar-refractivity contribution in [1.29, 1.82) is 0 Å². The van der Waals surface area contributed by atoms with E-state index in [1.165, 1.54) is 6.08 Å². The van der Waals surface area contributed by atoms with Gasteiger partial charge in [-0.3, -0.25) is 4.79 Å². The minimum atomic E-state index is -0.772. The molecule has 1 aliphatic heterocycles. The molecule has 2 atom stereocenters. The van der Waals surface area contributed by atoms with E-state index in [1.54, 1.807) is 0 Å². The molecule has 3 N–H and O–H groups in total. The fourth-order valence-electron chi connectivity index (χ4n) is 1.78. The molecule has 0 spiro atoms. The Morgan fingerprint density at radius 3 is 3.00 bits per heavy atom. The monoisotopic (exact) mass is 242 g/mol. The molecule has 1 heterocycles. The van der Waals surface area contributed by atoms with Gasteiger partial charge in [-0.05, 0) is 19.4 Å². The van der Waals surface area contributed by atoms with E-state index in [0.29, 0.717) is 25.9 Å². The topological polar surface area (TPSA) is 87.7 Å². The van der Waals surface area contributed by atoms with E-state index in [-0.39, 0.29) is 18.6 Å². The van der Waals surface area contributed by atoms with Gasteiger partial charge in [0.25, 0.3) is 0 Å². The molecular weight excluding hydrogens is 224 g/mol. The molecule has 1 amide bonds. The van der Waals surface area contributed by atoms with Crippen LogP contribution in [0.2, 0.25) is 0 Å². The van der Waals surface area contributed by atoms with Crippen LogP contribution in [0, 0.1) is 5.92 Å². The Bertz CT molecular complexity index is 293. The summed E-state index contributed by atoms with van der Waals surface area (Å²) in [4.78, 5) is 22.0. The Kier molecular flexibility index (Phi) is 5.48. The maximum Gasteiger partial charge on any atom is 0.407 e. The number of carboxylic acids is 1. The molecule has 0 saturated carbocycles. The van der Waals surface area contributed by atoms with E-state index in [1.807, 2.05) is 0 Å². The maximum absolute atomic E-state index is 11.1. The van der Waals surface area contributed by atoms with Crippen molar-refractivity contribution in [2.24, 2.45) is 5.92 Å². The number of carbonyl (C=O) groups is 2. The standard InChI is InChI=1S/C11H18N2O4/c1-2-5-17-11(16)13-7-9-6-8(10(14)15)3-4-12-9/h2,8-9,12H,1,3-7H2,(H,13,16)(H,14,15). The van der Waals surface area contributed by atoms with E-state index < -0.39 is 12.1 Å². The van der Waals surface area contributed by atoms with E-state index in [9.17, 15) is 9.59 Å². The van der Waals surface area contributed by atoms with Crippen LogP contribution in [0.1, 0.15) is 12.8 Å². The van der Waals surface area contributed by atoms with Gasteiger partial charge in [0.2, 0.25) is 0 Å². The molecule has 0 aromatic rings. The first-order valence-electron chi connectivity index (χ1n) is 5.61. The molecule has 0 aromatic carbocycles. The van der Waals surface area contributed by atoms with Gasteiger partial charge in [-0.25, -0.2) is 4.79 Å². The Morgan fingerprint density at radius 1 is 1.59 bits per heavy atom. The first kappa shape index (κ1) is 13.5. The summed E-state index contributed by atoms with van der Waals surface area (Å²) in [7, 11) is 0. The SMILES string of the molecule is C=CCOC(=O)NCC1CC(C(=O)O)CCN1. The molecule has 6 nitrogen and oxygen atoms in total. The fourth-order valence-corrected chi connectivity index (χ4v) is 1.78. The highest BCUT2D eigenvalue weighted by molar-refractivity contribution is 5.70. The van der Waals surface area contributed by atoms with Gasteiger partial charge in [-0.15, -0.1) is 0 Å². The summed E-state index contributed by atoms with van der Waals surface area (Å²) >= 11 is 0. The minimum Gasteiger partial charge on any atom is -0.481 e. The van der Waals surface area contributed by atoms with Gasteiger partial charge in [0.1, 0.15) is 6.61 Å². The van der Waals surface area contributed by atoms with Crippen molar-refractivity contribution in [3.63, 3.8) is 0 Å². The molecule has 2 unspecified atom stereocenters. The Hall–Kier alpha value is -1.56. The van der Waals surface area contributed by atoms with Crippen LogP contribution in [0.4, 0.5) is 4.79 Å². The number of alkyl carbamates (subject to hydrolysis) is 1. The lowest BCUT2D eigenvalue weighted by molar-refractivity contribution is -0.142. The van der Waals surface area contributed by atoms with E-state index >= 15 is 0 Å². The highest BCUT2D eigenvalue weighted by atomic mass is 16.5. The molecule has 0 aromatic heterocycles. The summed E-state index contributed by atoms with van der Waals surface area (Å²) < 4.78 is 4.74. The number of nitrogens with one attached hydrogen (secondary N) is 2. The van der Waals surface area contributed by atoms with E-state index in [0.717, 1.165) is 0 Å². The maximum atomic E-state index is 11.1. The molecule has 0 aliphatic carbocycles. The van der Waals surface area contributed by atoms with Gasteiger partial charge in [0.15, 0.2) is 0 Å². The zero-order chi connectivity index (χ0) is 12.7. The molecule has 1 rings (SSSR count). The molecule has 6 heteroatoms. The third kappa shape index (κ3) is 4.86. The average molecular weight is 242 g/mol. The van der Waals surface area contributed by atoms with Crippen molar-refractivity contribution in [2.45, 2.75) is 18.9 Å². The summed E-state index contributed by atoms with van der Waals surface area (Å²) in [6.45, 7) is 4.63. The molecule has 1 saturated heterocycles. The lowest BCUT2D eigenvalue weighted by Gasteiger charge is -2.27. The smallest absolute Gasteiger partial charge is 0.407 e. The molecule has 0 bridgehead atoms. The number of piperidine rings is 1. The quantitative estimate of drug-likeness (QED) is 0.605. The summed E-state index contributed by atoms with van der Waals surface area (Å²) in [6, 6.07) is -0.0128. The summed E-state index contributed by atoms with van der Waals surface area (Å²) in [5.41, 5.74) is 0. The van der Waals surface area contributed by atoms with Gasteiger partial charge in [-0.1, -0.05) is 12.7 Å². The molecule has 96 valence electrons. The van der Waals surface area contributed by atoms with Crippen molar-refractivity contribution >= 4 is 12.1 Å². The first-order valence-corrected chi connectivity index (χ1v) is 5.61. The van der Waals surface area contributed by atoms with E-state index in [2.05, 4.69) is 17.2 Å². The Balaban J connectivity index is 2.24. The Morgan fingerprint density at radius 2 is 2.35 bits per heavy atom. The van der Waals surface area contributed by atoms with Crippen molar-refractivity contribution in [2.75, 3.05) is 19.7 Å². The predicted molar refractivity (Wildman–Crippen MR) is 61.7 cm³/mol. The van der Waals surface area contributed by atoms with Crippen LogP contribution < -0.4 is 10.6 Å². The van der Waals surface area contributed by atoms with Crippen LogP contribution in [0.25, 0.3) is 0 Å².